The maximum absolute atomic E-state index is 6.38. The summed E-state index contributed by atoms with van der Waals surface area (Å²) in [5, 5.41) is 12.9. The van der Waals surface area contributed by atoms with Crippen molar-refractivity contribution < 1.29 is 9.47 Å². The molecule has 0 atom stereocenters. The lowest BCUT2D eigenvalue weighted by Gasteiger charge is -2.13. The number of rotatable bonds is 5. The van der Waals surface area contributed by atoms with Gasteiger partial charge in [-0.1, -0.05) is 11.6 Å². The summed E-state index contributed by atoms with van der Waals surface area (Å²) in [7, 11) is 3.19. The number of hydrogen-bond donors (Lipinski definition) is 1. The number of ether oxygens (including phenoxy) is 2. The predicted octanol–water partition coefficient (Wildman–Crippen LogP) is 4.18. The highest BCUT2D eigenvalue weighted by Crippen LogP contribution is 2.36. The Kier molecular flexibility index (Phi) is 4.90. The van der Waals surface area contributed by atoms with E-state index in [0.717, 1.165) is 16.5 Å². The number of aromatic nitrogens is 3. The minimum absolute atomic E-state index is 0.246. The molecule has 0 bridgehead atoms. The zero-order chi connectivity index (χ0) is 18.0. The molecule has 0 amide bonds. The molecule has 0 aliphatic rings. The highest BCUT2D eigenvalue weighted by atomic mass is 35.5. The van der Waals surface area contributed by atoms with Gasteiger partial charge < -0.3 is 14.8 Å². The molecule has 0 aliphatic heterocycles. The van der Waals surface area contributed by atoms with E-state index >= 15 is 0 Å². The Morgan fingerprint density at radius 2 is 1.76 bits per heavy atom. The van der Waals surface area contributed by atoms with E-state index in [1.54, 1.807) is 32.7 Å². The molecule has 2 aromatic heterocycles. The number of anilines is 1. The molecule has 1 aromatic carbocycles. The van der Waals surface area contributed by atoms with Crippen LogP contribution in [0.25, 0.3) is 22.0 Å². The molecule has 3 rings (SSSR count). The smallest absolute Gasteiger partial charge is 0.162 e. The maximum atomic E-state index is 6.38. The molecule has 0 fully saturated rings. The Labute approximate surface area is 151 Å². The van der Waals surface area contributed by atoms with E-state index in [4.69, 9.17) is 21.1 Å². The molecule has 0 saturated heterocycles. The molecule has 0 saturated carbocycles. The minimum atomic E-state index is 0.246. The van der Waals surface area contributed by atoms with Crippen LogP contribution in [0, 0.1) is 0 Å². The Balaban J connectivity index is 2.14. The molecule has 0 spiro atoms. The number of hydrogen-bond acceptors (Lipinski definition) is 6. The van der Waals surface area contributed by atoms with Crippen molar-refractivity contribution in [2.75, 3.05) is 19.5 Å². The van der Waals surface area contributed by atoms with Gasteiger partial charge in [0.05, 0.1) is 31.0 Å². The van der Waals surface area contributed by atoms with Gasteiger partial charge in [-0.15, -0.1) is 0 Å². The number of pyridine rings is 1. The zero-order valence-electron chi connectivity index (χ0n) is 14.5. The lowest BCUT2D eigenvalue weighted by atomic mass is 10.0. The van der Waals surface area contributed by atoms with Crippen molar-refractivity contribution >= 4 is 28.3 Å². The summed E-state index contributed by atoms with van der Waals surface area (Å²) < 4.78 is 10.7. The number of fused-ring (bicyclic) bond motifs is 1. The van der Waals surface area contributed by atoms with E-state index < -0.39 is 0 Å². The molecule has 2 heterocycles. The minimum Gasteiger partial charge on any atom is -0.493 e. The molecule has 6 nitrogen and oxygen atoms in total. The lowest BCUT2D eigenvalue weighted by Crippen LogP contribution is -2.11. The van der Waals surface area contributed by atoms with Crippen molar-refractivity contribution in [3.63, 3.8) is 0 Å². The number of methoxy groups -OCH3 is 2. The average Bonchev–Trinajstić information content (AvgIpc) is 2.61. The van der Waals surface area contributed by atoms with Crippen LogP contribution in [0.1, 0.15) is 13.8 Å². The summed E-state index contributed by atoms with van der Waals surface area (Å²) in [4.78, 5) is 4.43. The van der Waals surface area contributed by atoms with Crippen LogP contribution in [0.2, 0.25) is 5.02 Å². The Bertz CT molecular complexity index is 915. The Morgan fingerprint density at radius 1 is 1.04 bits per heavy atom. The van der Waals surface area contributed by atoms with Crippen molar-refractivity contribution in [2.24, 2.45) is 0 Å². The fourth-order valence-corrected chi connectivity index (χ4v) is 2.80. The third kappa shape index (κ3) is 3.44. The number of nitrogens with one attached hydrogen (secondary N) is 1. The first kappa shape index (κ1) is 17.2. The van der Waals surface area contributed by atoms with Gasteiger partial charge in [-0.05, 0) is 26.0 Å². The van der Waals surface area contributed by atoms with Crippen molar-refractivity contribution in [3.05, 3.63) is 35.6 Å². The van der Waals surface area contributed by atoms with Gasteiger partial charge in [-0.25, -0.2) is 4.98 Å². The number of nitrogens with zero attached hydrogens (tertiary/aromatic N) is 3. The van der Waals surface area contributed by atoms with Gasteiger partial charge in [0, 0.05) is 34.8 Å². The van der Waals surface area contributed by atoms with Gasteiger partial charge >= 0.3 is 0 Å². The van der Waals surface area contributed by atoms with Crippen molar-refractivity contribution in [3.8, 4) is 22.6 Å². The summed E-state index contributed by atoms with van der Waals surface area (Å²) in [5.74, 6) is 1.89. The second kappa shape index (κ2) is 7.11. The number of halogens is 1. The van der Waals surface area contributed by atoms with Crippen molar-refractivity contribution in [2.45, 2.75) is 19.9 Å². The molecule has 7 heteroatoms. The van der Waals surface area contributed by atoms with Crippen LogP contribution in [0.4, 0.5) is 5.82 Å². The Hall–Kier alpha value is -2.60. The first-order valence-electron chi connectivity index (χ1n) is 7.83. The van der Waals surface area contributed by atoms with Crippen LogP contribution in [0.15, 0.2) is 30.6 Å². The van der Waals surface area contributed by atoms with Gasteiger partial charge in [0.1, 0.15) is 5.82 Å². The van der Waals surface area contributed by atoms with E-state index in [9.17, 15) is 0 Å². The molecule has 25 heavy (non-hydrogen) atoms. The van der Waals surface area contributed by atoms with Crippen LogP contribution in [0.5, 0.6) is 11.5 Å². The molecule has 3 aromatic rings. The first-order valence-corrected chi connectivity index (χ1v) is 8.21. The van der Waals surface area contributed by atoms with E-state index in [0.29, 0.717) is 27.9 Å². The van der Waals surface area contributed by atoms with Gasteiger partial charge in [0.2, 0.25) is 0 Å². The molecule has 0 aliphatic carbocycles. The fraction of sp³-hybridized carbons (Fsp3) is 0.278. The van der Waals surface area contributed by atoms with E-state index in [1.807, 2.05) is 26.0 Å². The average molecular weight is 359 g/mol. The van der Waals surface area contributed by atoms with Crippen LogP contribution in [-0.4, -0.2) is 35.4 Å². The molecule has 130 valence electrons. The van der Waals surface area contributed by atoms with Gasteiger partial charge in [0.15, 0.2) is 11.5 Å². The van der Waals surface area contributed by atoms with Crippen LogP contribution < -0.4 is 14.8 Å². The topological polar surface area (TPSA) is 69.2 Å². The van der Waals surface area contributed by atoms with E-state index in [2.05, 4.69) is 20.5 Å². The van der Waals surface area contributed by atoms with Crippen LogP contribution >= 0.6 is 11.6 Å². The second-order valence-corrected chi connectivity index (χ2v) is 6.24. The lowest BCUT2D eigenvalue weighted by molar-refractivity contribution is 0.356. The van der Waals surface area contributed by atoms with Crippen molar-refractivity contribution in [1.29, 1.82) is 0 Å². The summed E-state index contributed by atoms with van der Waals surface area (Å²) in [6.45, 7) is 4.07. The summed E-state index contributed by atoms with van der Waals surface area (Å²) >= 11 is 6.38. The van der Waals surface area contributed by atoms with E-state index in [-0.39, 0.29) is 6.04 Å². The first-order chi connectivity index (χ1) is 12.0. The van der Waals surface area contributed by atoms with Gasteiger partial charge in [0.25, 0.3) is 0 Å². The molecule has 0 unspecified atom stereocenters. The van der Waals surface area contributed by atoms with Gasteiger partial charge in [-0.3, -0.25) is 0 Å². The largest absolute Gasteiger partial charge is 0.493 e. The molecule has 1 N–H and O–H groups in total. The monoisotopic (exact) mass is 358 g/mol. The highest BCUT2D eigenvalue weighted by molar-refractivity contribution is 6.33. The summed E-state index contributed by atoms with van der Waals surface area (Å²) in [6, 6.07) is 5.80. The zero-order valence-corrected chi connectivity index (χ0v) is 15.3. The maximum Gasteiger partial charge on any atom is 0.162 e. The normalized spacial score (nSPS) is 11.0. The van der Waals surface area contributed by atoms with Gasteiger partial charge in [-0.2, -0.15) is 10.2 Å². The molecule has 0 radical (unpaired) electrons. The summed E-state index contributed by atoms with van der Waals surface area (Å²) in [5.41, 5.74) is 2.43. The fourth-order valence-electron chi connectivity index (χ4n) is 2.58. The second-order valence-electron chi connectivity index (χ2n) is 5.84. The molecular formula is C18H19ClN4O2. The van der Waals surface area contributed by atoms with Crippen LogP contribution in [0.3, 0.4) is 0 Å². The van der Waals surface area contributed by atoms with Crippen LogP contribution in [-0.2, 0) is 0 Å². The highest BCUT2D eigenvalue weighted by Gasteiger charge is 2.13. The van der Waals surface area contributed by atoms with E-state index in [1.165, 1.54) is 0 Å². The SMILES string of the molecule is COc1cc2nncc(-c3cnc(NC(C)C)c(Cl)c3)c2cc1OC. The Morgan fingerprint density at radius 3 is 2.40 bits per heavy atom. The standard InChI is InChI=1S/C18H19ClN4O2/c1-10(2)22-18-14(19)5-11(8-20-18)13-9-21-23-15-7-17(25-4)16(24-3)6-12(13)15/h5-10H,1-4H3,(H,20,22). The quantitative estimate of drug-likeness (QED) is 0.737. The summed E-state index contributed by atoms with van der Waals surface area (Å²) in [6.07, 6.45) is 3.46. The van der Waals surface area contributed by atoms with Crippen molar-refractivity contribution in [1.82, 2.24) is 15.2 Å². The third-order valence-electron chi connectivity index (χ3n) is 3.72. The number of benzene rings is 1. The third-order valence-corrected chi connectivity index (χ3v) is 4.01. The molecular weight excluding hydrogens is 340 g/mol. The predicted molar refractivity (Wildman–Crippen MR) is 99.6 cm³/mol.